The molecule has 0 fully saturated rings. The maximum Gasteiger partial charge on any atom is 0.269 e. The van der Waals surface area contributed by atoms with Crippen LogP contribution in [0.1, 0.15) is 11.1 Å². The number of aryl methyl sites for hydroxylation is 1. The SMILES string of the molecule is Cc1cc([N+](=O)[O-])ccc1Oc1cc(C(Cl)(Cl)Cl)cs1. The van der Waals surface area contributed by atoms with Gasteiger partial charge in [0.15, 0.2) is 5.06 Å². The summed E-state index contributed by atoms with van der Waals surface area (Å²) < 4.78 is 4.14. The van der Waals surface area contributed by atoms with Crippen LogP contribution in [-0.2, 0) is 3.79 Å². The maximum atomic E-state index is 10.7. The van der Waals surface area contributed by atoms with Crippen molar-refractivity contribution in [3.05, 3.63) is 50.9 Å². The highest BCUT2D eigenvalue weighted by Gasteiger charge is 2.24. The fourth-order valence-electron chi connectivity index (χ4n) is 1.49. The van der Waals surface area contributed by atoms with Crippen LogP contribution in [0.15, 0.2) is 29.6 Å². The van der Waals surface area contributed by atoms with Crippen molar-refractivity contribution in [1.82, 2.24) is 0 Å². The smallest absolute Gasteiger partial charge is 0.269 e. The van der Waals surface area contributed by atoms with Gasteiger partial charge < -0.3 is 4.74 Å². The van der Waals surface area contributed by atoms with Crippen molar-refractivity contribution in [2.75, 3.05) is 0 Å². The molecule has 1 aromatic heterocycles. The quantitative estimate of drug-likeness (QED) is 0.411. The van der Waals surface area contributed by atoms with E-state index in [1.54, 1.807) is 24.4 Å². The van der Waals surface area contributed by atoms with Crippen molar-refractivity contribution >= 4 is 51.8 Å². The van der Waals surface area contributed by atoms with Crippen LogP contribution in [0.4, 0.5) is 5.69 Å². The molecule has 2 aromatic rings. The minimum absolute atomic E-state index is 0.0167. The number of benzene rings is 1. The first-order valence-corrected chi connectivity index (χ1v) is 7.37. The van der Waals surface area contributed by atoms with Gasteiger partial charge in [-0.25, -0.2) is 0 Å². The maximum absolute atomic E-state index is 10.7. The van der Waals surface area contributed by atoms with E-state index in [-0.39, 0.29) is 5.69 Å². The Morgan fingerprint density at radius 2 is 2.00 bits per heavy atom. The lowest BCUT2D eigenvalue weighted by Gasteiger charge is -2.07. The van der Waals surface area contributed by atoms with E-state index >= 15 is 0 Å². The summed E-state index contributed by atoms with van der Waals surface area (Å²) in [4.78, 5) is 10.2. The van der Waals surface area contributed by atoms with Gasteiger partial charge in [0.25, 0.3) is 5.69 Å². The Bertz CT molecular complexity index is 652. The van der Waals surface area contributed by atoms with Crippen LogP contribution in [0.5, 0.6) is 10.8 Å². The van der Waals surface area contributed by atoms with Crippen LogP contribution < -0.4 is 4.74 Å². The third kappa shape index (κ3) is 3.55. The van der Waals surface area contributed by atoms with Gasteiger partial charge in [0.1, 0.15) is 5.75 Å². The molecule has 106 valence electrons. The first kappa shape index (κ1) is 15.4. The molecule has 1 heterocycles. The number of nitro groups is 1. The molecule has 0 saturated carbocycles. The number of hydrogen-bond acceptors (Lipinski definition) is 4. The van der Waals surface area contributed by atoms with Gasteiger partial charge in [0, 0.05) is 23.1 Å². The summed E-state index contributed by atoms with van der Waals surface area (Å²) in [5, 5.41) is 12.9. The molecule has 0 unspecified atom stereocenters. The molecule has 0 N–H and O–H groups in total. The number of alkyl halides is 3. The summed E-state index contributed by atoms with van der Waals surface area (Å²) >= 11 is 18.6. The summed E-state index contributed by atoms with van der Waals surface area (Å²) in [5.74, 6) is 0.522. The number of nitro benzene ring substituents is 1. The number of rotatable bonds is 3. The van der Waals surface area contributed by atoms with Crippen molar-refractivity contribution in [3.8, 4) is 10.8 Å². The van der Waals surface area contributed by atoms with Gasteiger partial charge in [0.05, 0.1) is 4.92 Å². The number of thiophene rings is 1. The number of non-ortho nitro benzene ring substituents is 1. The van der Waals surface area contributed by atoms with E-state index in [4.69, 9.17) is 39.5 Å². The fraction of sp³-hybridized carbons (Fsp3) is 0.167. The summed E-state index contributed by atoms with van der Waals surface area (Å²) in [6, 6.07) is 5.99. The summed E-state index contributed by atoms with van der Waals surface area (Å²) in [7, 11) is 0. The van der Waals surface area contributed by atoms with Crippen LogP contribution in [0.2, 0.25) is 0 Å². The van der Waals surface area contributed by atoms with E-state index in [9.17, 15) is 10.1 Å². The molecule has 0 saturated heterocycles. The summed E-state index contributed by atoms with van der Waals surface area (Å²) in [5.41, 5.74) is 1.19. The zero-order valence-corrected chi connectivity index (χ0v) is 13.2. The molecule has 0 atom stereocenters. The molecule has 8 heteroatoms. The molecule has 2 rings (SSSR count). The largest absolute Gasteiger partial charge is 0.446 e. The fourth-order valence-corrected chi connectivity index (χ4v) is 2.83. The molecule has 0 aliphatic carbocycles. The Balaban J connectivity index is 2.22. The Hall–Kier alpha value is -1.01. The molecule has 0 aliphatic heterocycles. The van der Waals surface area contributed by atoms with Gasteiger partial charge in [-0.1, -0.05) is 34.8 Å². The molecule has 0 amide bonds. The molecule has 0 bridgehead atoms. The van der Waals surface area contributed by atoms with Crippen molar-refractivity contribution in [2.45, 2.75) is 10.7 Å². The van der Waals surface area contributed by atoms with Crippen LogP contribution in [0.3, 0.4) is 0 Å². The first-order valence-electron chi connectivity index (χ1n) is 5.36. The number of hydrogen-bond donors (Lipinski definition) is 0. The van der Waals surface area contributed by atoms with Crippen molar-refractivity contribution < 1.29 is 9.66 Å². The Kier molecular flexibility index (Phi) is 4.44. The van der Waals surface area contributed by atoms with E-state index in [0.29, 0.717) is 21.9 Å². The van der Waals surface area contributed by atoms with Gasteiger partial charge in [0.2, 0.25) is 3.79 Å². The Labute approximate surface area is 134 Å². The van der Waals surface area contributed by atoms with Gasteiger partial charge >= 0.3 is 0 Å². The van der Waals surface area contributed by atoms with Gasteiger partial charge in [-0.15, -0.1) is 11.3 Å². The Morgan fingerprint density at radius 1 is 1.30 bits per heavy atom. The van der Waals surface area contributed by atoms with E-state index in [1.807, 2.05) is 0 Å². The van der Waals surface area contributed by atoms with Crippen LogP contribution in [-0.4, -0.2) is 4.92 Å². The van der Waals surface area contributed by atoms with Crippen LogP contribution in [0, 0.1) is 17.0 Å². The molecular formula is C12H8Cl3NO3S. The predicted molar refractivity (Wildman–Crippen MR) is 81.5 cm³/mol. The molecule has 0 radical (unpaired) electrons. The molecule has 4 nitrogen and oxygen atoms in total. The Morgan fingerprint density at radius 3 is 2.50 bits per heavy atom. The van der Waals surface area contributed by atoms with Crippen molar-refractivity contribution in [3.63, 3.8) is 0 Å². The molecule has 0 aliphatic rings. The number of ether oxygens (including phenoxy) is 1. The summed E-state index contributed by atoms with van der Waals surface area (Å²) in [6.45, 7) is 1.73. The second-order valence-corrected chi connectivity index (χ2v) is 7.12. The number of halogens is 3. The monoisotopic (exact) mass is 351 g/mol. The normalized spacial score (nSPS) is 11.4. The van der Waals surface area contributed by atoms with Crippen molar-refractivity contribution in [2.24, 2.45) is 0 Å². The van der Waals surface area contributed by atoms with Crippen LogP contribution in [0.25, 0.3) is 0 Å². The molecular weight excluding hydrogens is 345 g/mol. The topological polar surface area (TPSA) is 52.4 Å². The third-order valence-electron chi connectivity index (χ3n) is 2.48. The first-order chi connectivity index (χ1) is 9.27. The lowest BCUT2D eigenvalue weighted by Crippen LogP contribution is -1.96. The molecule has 20 heavy (non-hydrogen) atoms. The average Bonchev–Trinajstić information content (AvgIpc) is 2.80. The minimum atomic E-state index is -1.50. The van der Waals surface area contributed by atoms with E-state index in [1.165, 1.54) is 23.5 Å². The molecule has 0 spiro atoms. The average molecular weight is 353 g/mol. The standard InChI is InChI=1S/C12H8Cl3NO3S/c1-7-4-9(16(17)18)2-3-10(7)19-11-5-8(6-20-11)12(13,14)15/h2-6H,1H3. The van der Waals surface area contributed by atoms with Gasteiger partial charge in [-0.05, 0) is 24.6 Å². The van der Waals surface area contributed by atoms with E-state index in [0.717, 1.165) is 0 Å². The third-order valence-corrected chi connectivity index (χ3v) is 3.94. The second kappa shape index (κ2) is 5.77. The van der Waals surface area contributed by atoms with Gasteiger partial charge in [-0.2, -0.15) is 0 Å². The minimum Gasteiger partial charge on any atom is -0.446 e. The van der Waals surface area contributed by atoms with Crippen LogP contribution >= 0.6 is 46.1 Å². The highest BCUT2D eigenvalue weighted by Crippen LogP contribution is 2.43. The van der Waals surface area contributed by atoms with E-state index in [2.05, 4.69) is 0 Å². The number of nitrogens with zero attached hydrogens (tertiary/aromatic N) is 1. The second-order valence-electron chi connectivity index (χ2n) is 3.96. The zero-order valence-electron chi connectivity index (χ0n) is 10.1. The highest BCUT2D eigenvalue weighted by molar-refractivity contribution is 7.12. The lowest BCUT2D eigenvalue weighted by molar-refractivity contribution is -0.384. The van der Waals surface area contributed by atoms with Gasteiger partial charge in [-0.3, -0.25) is 10.1 Å². The lowest BCUT2D eigenvalue weighted by atomic mass is 10.2. The highest BCUT2D eigenvalue weighted by atomic mass is 35.6. The zero-order chi connectivity index (χ0) is 14.9. The van der Waals surface area contributed by atoms with E-state index < -0.39 is 8.72 Å². The molecule has 1 aromatic carbocycles. The predicted octanol–water partition coefficient (Wildman–Crippen LogP) is 5.58. The summed E-state index contributed by atoms with van der Waals surface area (Å²) in [6.07, 6.45) is 0. The van der Waals surface area contributed by atoms with Crippen molar-refractivity contribution in [1.29, 1.82) is 0 Å².